The van der Waals surface area contributed by atoms with E-state index in [-0.39, 0.29) is 44.0 Å². The summed E-state index contributed by atoms with van der Waals surface area (Å²) >= 11 is 0. The standard InChI is InChI=1S/C56H82O6/c1-4-7-10-13-16-19-22-24-26-27-28-29-31-32-34-37-40-43-46-49-55(58)61-52-53(51-60-54(57)48-45-42-39-36-21-18-15-12-9-6-3)62-56(59)50-47-44-41-38-35-33-30-25-23-20-17-14-11-8-5-2/h7-8,10-11,13-20,22-35,53H,4-6,9,12,21,36-52H2,1-3H3/b10-7-,11-8-,16-13-,17-14-,18-15-,22-19-,23-20-,26-24-,28-27+,30-25-,31-29-,34-32-,35-33-. The molecule has 0 N–H and O–H groups in total. The Labute approximate surface area is 378 Å². The van der Waals surface area contributed by atoms with E-state index in [1.165, 1.54) is 12.8 Å². The van der Waals surface area contributed by atoms with Crippen molar-refractivity contribution < 1.29 is 28.6 Å². The minimum Gasteiger partial charge on any atom is -0.462 e. The second kappa shape index (κ2) is 48.7. The summed E-state index contributed by atoms with van der Waals surface area (Å²) in [4.78, 5) is 37.8. The van der Waals surface area contributed by atoms with Gasteiger partial charge in [-0.3, -0.25) is 14.4 Å². The molecule has 0 rings (SSSR count). The lowest BCUT2D eigenvalue weighted by atomic mass is 10.1. The fourth-order valence-corrected chi connectivity index (χ4v) is 5.54. The third kappa shape index (κ3) is 46.1. The van der Waals surface area contributed by atoms with Crippen molar-refractivity contribution in [2.75, 3.05) is 13.2 Å². The Morgan fingerprint density at radius 3 is 1.03 bits per heavy atom. The van der Waals surface area contributed by atoms with E-state index in [1.54, 1.807) is 0 Å². The molecule has 0 radical (unpaired) electrons. The zero-order valence-electron chi connectivity index (χ0n) is 38.8. The number of allylic oxidation sites excluding steroid dienone is 26. The molecular weight excluding hydrogens is 769 g/mol. The van der Waals surface area contributed by atoms with Crippen molar-refractivity contribution in [3.63, 3.8) is 0 Å². The minimum atomic E-state index is -0.830. The number of carbonyl (C=O) groups is 3. The highest BCUT2D eigenvalue weighted by atomic mass is 16.6. The van der Waals surface area contributed by atoms with Crippen LogP contribution in [0.4, 0.5) is 0 Å². The second-order valence-electron chi connectivity index (χ2n) is 14.9. The van der Waals surface area contributed by atoms with E-state index in [0.29, 0.717) is 19.3 Å². The van der Waals surface area contributed by atoms with Crippen LogP contribution in [0.2, 0.25) is 0 Å². The van der Waals surface area contributed by atoms with Gasteiger partial charge in [-0.15, -0.1) is 0 Å². The lowest BCUT2D eigenvalue weighted by Crippen LogP contribution is -2.30. The Bertz CT molecular complexity index is 1490. The first kappa shape index (κ1) is 57.0. The number of unbranched alkanes of at least 4 members (excludes halogenated alkanes) is 12. The van der Waals surface area contributed by atoms with Crippen LogP contribution in [0.1, 0.15) is 156 Å². The normalized spacial score (nSPS) is 13.5. The predicted octanol–water partition coefficient (Wildman–Crippen LogP) is 15.5. The summed E-state index contributed by atoms with van der Waals surface area (Å²) in [6.07, 6.45) is 70.8. The smallest absolute Gasteiger partial charge is 0.306 e. The van der Waals surface area contributed by atoms with E-state index < -0.39 is 6.10 Å². The second-order valence-corrected chi connectivity index (χ2v) is 14.9. The van der Waals surface area contributed by atoms with E-state index in [4.69, 9.17) is 14.2 Å². The molecule has 0 aliphatic rings. The van der Waals surface area contributed by atoms with Crippen LogP contribution in [-0.2, 0) is 28.6 Å². The van der Waals surface area contributed by atoms with Gasteiger partial charge in [0.1, 0.15) is 13.2 Å². The maximum Gasteiger partial charge on any atom is 0.306 e. The molecule has 342 valence electrons. The zero-order chi connectivity index (χ0) is 45.1. The molecule has 0 heterocycles. The molecule has 0 saturated heterocycles. The molecule has 0 aromatic heterocycles. The van der Waals surface area contributed by atoms with Gasteiger partial charge in [-0.05, 0) is 77.0 Å². The summed E-state index contributed by atoms with van der Waals surface area (Å²) in [6, 6.07) is 0. The molecular formula is C56H82O6. The van der Waals surface area contributed by atoms with Crippen molar-refractivity contribution in [2.45, 2.75) is 162 Å². The van der Waals surface area contributed by atoms with Crippen LogP contribution in [0.5, 0.6) is 0 Å². The van der Waals surface area contributed by atoms with Crippen LogP contribution in [-0.4, -0.2) is 37.2 Å². The van der Waals surface area contributed by atoms with Crippen molar-refractivity contribution in [1.29, 1.82) is 0 Å². The lowest BCUT2D eigenvalue weighted by molar-refractivity contribution is -0.167. The van der Waals surface area contributed by atoms with Gasteiger partial charge in [-0.25, -0.2) is 0 Å². The van der Waals surface area contributed by atoms with Crippen LogP contribution in [0.25, 0.3) is 0 Å². The highest BCUT2D eigenvalue weighted by Gasteiger charge is 2.19. The van der Waals surface area contributed by atoms with Gasteiger partial charge in [-0.2, -0.15) is 0 Å². The van der Waals surface area contributed by atoms with E-state index in [9.17, 15) is 14.4 Å². The molecule has 0 fully saturated rings. The Morgan fingerprint density at radius 2 is 0.645 bits per heavy atom. The largest absolute Gasteiger partial charge is 0.462 e. The van der Waals surface area contributed by atoms with Gasteiger partial charge in [0.2, 0.25) is 0 Å². The maximum absolute atomic E-state index is 12.7. The molecule has 0 aromatic carbocycles. The Morgan fingerprint density at radius 1 is 0.339 bits per heavy atom. The molecule has 0 aromatic rings. The summed E-state index contributed by atoms with van der Waals surface area (Å²) < 4.78 is 16.6. The highest BCUT2D eigenvalue weighted by Crippen LogP contribution is 2.11. The molecule has 62 heavy (non-hydrogen) atoms. The van der Waals surface area contributed by atoms with Gasteiger partial charge in [0.25, 0.3) is 0 Å². The van der Waals surface area contributed by atoms with Gasteiger partial charge in [0, 0.05) is 19.3 Å². The van der Waals surface area contributed by atoms with Crippen molar-refractivity contribution in [1.82, 2.24) is 0 Å². The van der Waals surface area contributed by atoms with E-state index >= 15 is 0 Å². The molecule has 0 bridgehead atoms. The zero-order valence-corrected chi connectivity index (χ0v) is 38.8. The monoisotopic (exact) mass is 851 g/mol. The molecule has 6 heteroatoms. The number of hydrogen-bond donors (Lipinski definition) is 0. The Balaban J connectivity index is 4.61. The number of esters is 3. The SMILES string of the molecule is CC\C=C/C=C\C=C/C=C\C=C/CCCCCC(=O)OC(COC(=O)CCCCC\C=C/C=C\C=C\C=C/C=C\C=C/C=C\CC)COC(=O)CCCCCC/C=C\CCCC. The summed E-state index contributed by atoms with van der Waals surface area (Å²) in [5, 5.41) is 0. The van der Waals surface area contributed by atoms with Crippen LogP contribution >= 0.6 is 0 Å². The molecule has 1 unspecified atom stereocenters. The fourth-order valence-electron chi connectivity index (χ4n) is 5.54. The molecule has 0 aliphatic carbocycles. The van der Waals surface area contributed by atoms with Crippen LogP contribution in [0, 0.1) is 0 Å². The van der Waals surface area contributed by atoms with Crippen molar-refractivity contribution in [3.8, 4) is 0 Å². The minimum absolute atomic E-state index is 0.125. The summed E-state index contributed by atoms with van der Waals surface area (Å²) in [7, 11) is 0. The summed E-state index contributed by atoms with van der Waals surface area (Å²) in [5.74, 6) is -1.05. The number of carbonyl (C=O) groups excluding carboxylic acids is 3. The third-order valence-electron chi connectivity index (χ3n) is 9.07. The average molecular weight is 851 g/mol. The van der Waals surface area contributed by atoms with Gasteiger partial charge in [0.05, 0.1) is 0 Å². The lowest BCUT2D eigenvalue weighted by Gasteiger charge is -2.18. The van der Waals surface area contributed by atoms with Crippen molar-refractivity contribution >= 4 is 17.9 Å². The maximum atomic E-state index is 12.7. The van der Waals surface area contributed by atoms with E-state index in [2.05, 4.69) is 57.2 Å². The molecule has 0 aliphatic heterocycles. The van der Waals surface area contributed by atoms with Gasteiger partial charge in [0.15, 0.2) is 6.10 Å². The highest BCUT2D eigenvalue weighted by molar-refractivity contribution is 5.71. The topological polar surface area (TPSA) is 78.9 Å². The predicted molar refractivity (Wildman–Crippen MR) is 265 cm³/mol. The van der Waals surface area contributed by atoms with Crippen molar-refractivity contribution in [3.05, 3.63) is 158 Å². The van der Waals surface area contributed by atoms with E-state index in [1.807, 2.05) is 122 Å². The molecule has 6 nitrogen and oxygen atoms in total. The quantitative estimate of drug-likeness (QED) is 0.0202. The first-order chi connectivity index (χ1) is 30.5. The molecule has 1 atom stereocenters. The molecule has 0 spiro atoms. The van der Waals surface area contributed by atoms with Crippen molar-refractivity contribution in [2.24, 2.45) is 0 Å². The Hall–Kier alpha value is -4.97. The fraction of sp³-hybridized carbons (Fsp3) is 0.482. The number of ether oxygens (including phenoxy) is 3. The van der Waals surface area contributed by atoms with Gasteiger partial charge in [-0.1, -0.05) is 217 Å². The number of hydrogen-bond acceptors (Lipinski definition) is 6. The van der Waals surface area contributed by atoms with Crippen LogP contribution < -0.4 is 0 Å². The van der Waals surface area contributed by atoms with Crippen LogP contribution in [0.3, 0.4) is 0 Å². The number of rotatable bonds is 39. The molecule has 0 amide bonds. The summed E-state index contributed by atoms with van der Waals surface area (Å²) in [6.45, 7) is 6.17. The van der Waals surface area contributed by atoms with Gasteiger partial charge >= 0.3 is 17.9 Å². The van der Waals surface area contributed by atoms with Crippen LogP contribution in [0.15, 0.2) is 158 Å². The first-order valence-corrected chi connectivity index (χ1v) is 23.7. The van der Waals surface area contributed by atoms with E-state index in [0.717, 1.165) is 89.9 Å². The first-order valence-electron chi connectivity index (χ1n) is 23.7. The average Bonchev–Trinajstić information content (AvgIpc) is 3.27. The third-order valence-corrected chi connectivity index (χ3v) is 9.07. The molecule has 0 saturated carbocycles. The van der Waals surface area contributed by atoms with Gasteiger partial charge < -0.3 is 14.2 Å². The summed E-state index contributed by atoms with van der Waals surface area (Å²) in [5.41, 5.74) is 0. The Kier molecular flexibility index (Phi) is 44.8.